The summed E-state index contributed by atoms with van der Waals surface area (Å²) in [6.07, 6.45) is 4.83. The molecule has 0 aromatic heterocycles. The van der Waals surface area contributed by atoms with Gasteiger partial charge < -0.3 is 24.3 Å². The number of ether oxygens (including phenoxy) is 4. The SMILES string of the molecule is COc1ccccc1C(=O)NC1CCN(C2CCC3(CC2)OCC(C)(C)CO3)CC1OC. The minimum Gasteiger partial charge on any atom is -0.496 e. The molecule has 2 aliphatic heterocycles. The van der Waals surface area contributed by atoms with Gasteiger partial charge in [0.1, 0.15) is 5.75 Å². The van der Waals surface area contributed by atoms with Crippen LogP contribution in [-0.2, 0) is 14.2 Å². The molecule has 1 saturated carbocycles. The molecule has 32 heavy (non-hydrogen) atoms. The number of nitrogens with one attached hydrogen (secondary N) is 1. The highest BCUT2D eigenvalue weighted by molar-refractivity contribution is 5.97. The number of amides is 1. The molecule has 7 nitrogen and oxygen atoms in total. The lowest BCUT2D eigenvalue weighted by Gasteiger charge is -2.49. The van der Waals surface area contributed by atoms with Crippen LogP contribution in [0.4, 0.5) is 0 Å². The molecular formula is C25H38N2O5. The number of methoxy groups -OCH3 is 2. The Labute approximate surface area is 191 Å². The summed E-state index contributed by atoms with van der Waals surface area (Å²) in [5.74, 6) is 0.0911. The summed E-state index contributed by atoms with van der Waals surface area (Å²) in [5, 5.41) is 3.18. The fourth-order valence-corrected chi connectivity index (χ4v) is 5.19. The van der Waals surface area contributed by atoms with Gasteiger partial charge in [-0.15, -0.1) is 0 Å². The van der Waals surface area contributed by atoms with E-state index in [1.54, 1.807) is 20.3 Å². The fourth-order valence-electron chi connectivity index (χ4n) is 5.19. The minimum absolute atomic E-state index is 0.0177. The van der Waals surface area contributed by atoms with Crippen molar-refractivity contribution in [2.75, 3.05) is 40.5 Å². The number of benzene rings is 1. The zero-order chi connectivity index (χ0) is 22.8. The number of rotatable bonds is 5. The Morgan fingerprint density at radius 2 is 1.78 bits per heavy atom. The average Bonchev–Trinajstić information content (AvgIpc) is 2.82. The standard InChI is InChI=1S/C25H38N2O5/c1-24(2)16-31-25(32-17-24)12-9-18(10-13-25)27-14-11-20(22(15-27)30-4)26-23(28)19-7-5-6-8-21(19)29-3/h5-8,18,20,22H,9-17H2,1-4H3,(H,26,28). The molecule has 7 heteroatoms. The molecule has 0 bridgehead atoms. The molecule has 1 N–H and O–H groups in total. The Kier molecular flexibility index (Phi) is 7.10. The molecule has 1 amide bonds. The molecule has 1 aromatic carbocycles. The van der Waals surface area contributed by atoms with Crippen molar-refractivity contribution in [2.45, 2.75) is 69.9 Å². The third-order valence-corrected chi connectivity index (χ3v) is 7.25. The zero-order valence-electron chi connectivity index (χ0n) is 19.9. The number of carbonyl (C=O) groups is 1. The number of likely N-dealkylation sites (tertiary alicyclic amines) is 1. The van der Waals surface area contributed by atoms with E-state index in [1.807, 2.05) is 18.2 Å². The van der Waals surface area contributed by atoms with Crippen molar-refractivity contribution in [1.82, 2.24) is 10.2 Å². The van der Waals surface area contributed by atoms with Crippen molar-refractivity contribution in [1.29, 1.82) is 0 Å². The predicted octanol–water partition coefficient (Wildman–Crippen LogP) is 3.23. The van der Waals surface area contributed by atoms with E-state index in [-0.39, 0.29) is 29.3 Å². The third-order valence-electron chi connectivity index (χ3n) is 7.25. The van der Waals surface area contributed by atoms with Crippen LogP contribution in [0.15, 0.2) is 24.3 Å². The Morgan fingerprint density at radius 1 is 1.09 bits per heavy atom. The van der Waals surface area contributed by atoms with Gasteiger partial charge in [0.15, 0.2) is 5.79 Å². The molecule has 1 spiro atoms. The molecule has 3 aliphatic rings. The minimum atomic E-state index is -0.381. The molecule has 3 fully saturated rings. The summed E-state index contributed by atoms with van der Waals surface area (Å²) in [7, 11) is 3.32. The first-order valence-electron chi connectivity index (χ1n) is 11.8. The molecule has 2 heterocycles. The maximum Gasteiger partial charge on any atom is 0.255 e. The van der Waals surface area contributed by atoms with Crippen LogP contribution in [-0.4, -0.2) is 75.3 Å². The molecule has 178 valence electrons. The number of carbonyl (C=O) groups excluding carboxylic acids is 1. The van der Waals surface area contributed by atoms with Gasteiger partial charge in [-0.25, -0.2) is 0 Å². The molecule has 0 radical (unpaired) electrons. The van der Waals surface area contributed by atoms with E-state index in [9.17, 15) is 4.79 Å². The van der Waals surface area contributed by atoms with Gasteiger partial charge in [0.2, 0.25) is 0 Å². The fraction of sp³-hybridized carbons (Fsp3) is 0.720. The van der Waals surface area contributed by atoms with Crippen molar-refractivity contribution in [3.63, 3.8) is 0 Å². The van der Waals surface area contributed by atoms with Crippen molar-refractivity contribution in [3.8, 4) is 5.75 Å². The van der Waals surface area contributed by atoms with Gasteiger partial charge in [-0.1, -0.05) is 26.0 Å². The number of nitrogens with zero attached hydrogens (tertiary/aromatic N) is 1. The molecule has 2 unspecified atom stereocenters. The van der Waals surface area contributed by atoms with Crippen LogP contribution in [0.3, 0.4) is 0 Å². The van der Waals surface area contributed by atoms with Crippen LogP contribution < -0.4 is 10.1 Å². The number of hydrogen-bond acceptors (Lipinski definition) is 6. The Morgan fingerprint density at radius 3 is 2.44 bits per heavy atom. The van der Waals surface area contributed by atoms with E-state index >= 15 is 0 Å². The van der Waals surface area contributed by atoms with E-state index in [0.29, 0.717) is 17.4 Å². The lowest BCUT2D eigenvalue weighted by Crippen LogP contribution is -2.58. The summed E-state index contributed by atoms with van der Waals surface area (Å²) in [5.41, 5.74) is 0.657. The summed E-state index contributed by atoms with van der Waals surface area (Å²) in [6, 6.07) is 7.80. The van der Waals surface area contributed by atoms with Crippen molar-refractivity contribution in [2.24, 2.45) is 5.41 Å². The van der Waals surface area contributed by atoms with E-state index in [1.165, 1.54) is 0 Å². The first-order chi connectivity index (χ1) is 15.3. The molecular weight excluding hydrogens is 408 g/mol. The molecule has 1 aliphatic carbocycles. The smallest absolute Gasteiger partial charge is 0.255 e. The monoisotopic (exact) mass is 446 g/mol. The average molecular weight is 447 g/mol. The van der Waals surface area contributed by atoms with Crippen molar-refractivity contribution < 1.29 is 23.7 Å². The number of piperidine rings is 1. The second kappa shape index (κ2) is 9.67. The third kappa shape index (κ3) is 5.11. The van der Waals surface area contributed by atoms with E-state index in [4.69, 9.17) is 18.9 Å². The molecule has 1 aromatic rings. The maximum absolute atomic E-state index is 12.9. The van der Waals surface area contributed by atoms with Crippen LogP contribution in [0.2, 0.25) is 0 Å². The van der Waals surface area contributed by atoms with Crippen molar-refractivity contribution >= 4 is 5.91 Å². The largest absolute Gasteiger partial charge is 0.496 e. The predicted molar refractivity (Wildman–Crippen MR) is 122 cm³/mol. The highest BCUT2D eigenvalue weighted by Crippen LogP contribution is 2.40. The Hall–Kier alpha value is -1.67. The van der Waals surface area contributed by atoms with Crippen molar-refractivity contribution in [3.05, 3.63) is 29.8 Å². The van der Waals surface area contributed by atoms with Gasteiger partial charge >= 0.3 is 0 Å². The van der Waals surface area contributed by atoms with E-state index in [2.05, 4.69) is 24.1 Å². The molecule has 2 atom stereocenters. The highest BCUT2D eigenvalue weighted by atomic mass is 16.7. The Balaban J connectivity index is 1.31. The van der Waals surface area contributed by atoms with Gasteiger partial charge in [0.05, 0.1) is 38.0 Å². The molecule has 2 saturated heterocycles. The van der Waals surface area contributed by atoms with Gasteiger partial charge in [0.25, 0.3) is 5.91 Å². The van der Waals surface area contributed by atoms with Crippen LogP contribution in [0, 0.1) is 5.41 Å². The van der Waals surface area contributed by atoms with Crippen LogP contribution in [0.5, 0.6) is 5.75 Å². The van der Waals surface area contributed by atoms with Crippen LogP contribution in [0.25, 0.3) is 0 Å². The lowest BCUT2D eigenvalue weighted by atomic mass is 9.85. The van der Waals surface area contributed by atoms with Gasteiger partial charge in [0, 0.05) is 44.5 Å². The van der Waals surface area contributed by atoms with Crippen LogP contribution >= 0.6 is 0 Å². The van der Waals surface area contributed by atoms with E-state index in [0.717, 1.165) is 58.4 Å². The topological polar surface area (TPSA) is 69.3 Å². The van der Waals surface area contributed by atoms with Gasteiger partial charge in [-0.2, -0.15) is 0 Å². The summed E-state index contributed by atoms with van der Waals surface area (Å²) >= 11 is 0. The van der Waals surface area contributed by atoms with Gasteiger partial charge in [-0.3, -0.25) is 9.69 Å². The first kappa shape index (κ1) is 23.5. The van der Waals surface area contributed by atoms with Crippen LogP contribution in [0.1, 0.15) is 56.3 Å². The number of para-hydroxylation sites is 1. The summed E-state index contributed by atoms with van der Waals surface area (Å²) in [6.45, 7) is 7.67. The second-order valence-electron chi connectivity index (χ2n) is 10.2. The van der Waals surface area contributed by atoms with Gasteiger partial charge in [-0.05, 0) is 31.4 Å². The normalized spacial score (nSPS) is 28.4. The number of hydrogen-bond donors (Lipinski definition) is 1. The maximum atomic E-state index is 12.9. The highest BCUT2D eigenvalue weighted by Gasteiger charge is 2.45. The van der Waals surface area contributed by atoms with E-state index < -0.39 is 0 Å². The summed E-state index contributed by atoms with van der Waals surface area (Å²) < 4.78 is 23.6. The lowest BCUT2D eigenvalue weighted by molar-refractivity contribution is -0.312. The quantitative estimate of drug-likeness (QED) is 0.749. The summed E-state index contributed by atoms with van der Waals surface area (Å²) in [4.78, 5) is 15.4. The zero-order valence-corrected chi connectivity index (χ0v) is 19.9. The first-order valence-corrected chi connectivity index (χ1v) is 11.8. The molecule has 4 rings (SSSR count). The second-order valence-corrected chi connectivity index (χ2v) is 10.2. The Bertz CT molecular complexity index is 778.